The Morgan fingerprint density at radius 2 is 2.00 bits per heavy atom. The van der Waals surface area contributed by atoms with E-state index in [1.54, 1.807) is 6.08 Å². The van der Waals surface area contributed by atoms with Crippen molar-refractivity contribution in [2.45, 2.75) is 62.6 Å². The average molecular weight is 361 g/mol. The Balaban J connectivity index is 2.73. The first-order valence-corrected chi connectivity index (χ1v) is 8.11. The molecule has 1 saturated heterocycles. The second-order valence-electron chi connectivity index (χ2n) is 5.74. The summed E-state index contributed by atoms with van der Waals surface area (Å²) in [4.78, 5) is 11.5. The van der Waals surface area contributed by atoms with Crippen LogP contribution >= 0.6 is 0 Å². The fraction of sp³-hybridized carbons (Fsp3) is 0.750. The Bertz CT molecular complexity index is 430. The van der Waals surface area contributed by atoms with Gasteiger partial charge >= 0.3 is 0 Å². The lowest BCUT2D eigenvalue weighted by molar-refractivity contribution is -0.302. The van der Waals surface area contributed by atoms with Crippen molar-refractivity contribution in [3.05, 3.63) is 19.1 Å². The molecule has 0 aliphatic carbocycles. The monoisotopic (exact) mass is 361 g/mol. The van der Waals surface area contributed by atoms with Crippen molar-refractivity contribution in [3.63, 3.8) is 0 Å². The number of hydrogen-bond acceptors (Lipinski definition) is 8. The van der Waals surface area contributed by atoms with Crippen LogP contribution in [0.3, 0.4) is 0 Å². The molecular weight excluding hydrogens is 334 g/mol. The van der Waals surface area contributed by atoms with Crippen LogP contribution in [-0.2, 0) is 14.3 Å². The molecule has 1 heterocycles. The summed E-state index contributed by atoms with van der Waals surface area (Å²) >= 11 is 0. The van der Waals surface area contributed by atoms with Gasteiger partial charge in [0, 0.05) is 6.42 Å². The van der Waals surface area contributed by atoms with Crippen LogP contribution in [0, 0.1) is 6.92 Å². The molecule has 0 aromatic rings. The second kappa shape index (κ2) is 10.8. The lowest BCUT2D eigenvalue weighted by Gasteiger charge is -2.40. The summed E-state index contributed by atoms with van der Waals surface area (Å²) in [5.74, 6) is -0.508. The summed E-state index contributed by atoms with van der Waals surface area (Å²) in [5.41, 5.74) is 0. The van der Waals surface area contributed by atoms with Gasteiger partial charge in [-0.25, -0.2) is 0 Å². The van der Waals surface area contributed by atoms with Crippen molar-refractivity contribution >= 4 is 5.91 Å². The Hall–Kier alpha value is -1.07. The van der Waals surface area contributed by atoms with E-state index in [1.165, 1.54) is 6.08 Å². The van der Waals surface area contributed by atoms with E-state index in [0.29, 0.717) is 6.42 Å². The SMILES string of the molecule is [CH]CC(=O)N[C@@H](CO[C@@H]1OC(CO)[C@H](O)[C@H](O)C1O)[C@H](O)/C=C/CC. The smallest absolute Gasteiger partial charge is 0.220 e. The highest BCUT2D eigenvalue weighted by Crippen LogP contribution is 2.22. The number of nitrogens with one attached hydrogen (secondary N) is 1. The quantitative estimate of drug-likeness (QED) is 0.252. The summed E-state index contributed by atoms with van der Waals surface area (Å²) in [5, 5.41) is 51.1. The molecule has 2 radical (unpaired) electrons. The molecule has 144 valence electrons. The van der Waals surface area contributed by atoms with E-state index in [-0.39, 0.29) is 13.0 Å². The van der Waals surface area contributed by atoms with Gasteiger partial charge in [0.1, 0.15) is 24.4 Å². The Morgan fingerprint density at radius 3 is 2.56 bits per heavy atom. The van der Waals surface area contributed by atoms with Crippen LogP contribution in [-0.4, -0.2) is 87.5 Å². The third-order valence-corrected chi connectivity index (χ3v) is 3.80. The van der Waals surface area contributed by atoms with Gasteiger partial charge < -0.3 is 40.3 Å². The summed E-state index contributed by atoms with van der Waals surface area (Å²) in [7, 11) is 0. The van der Waals surface area contributed by atoms with Crippen molar-refractivity contribution in [3.8, 4) is 0 Å². The topological polar surface area (TPSA) is 149 Å². The van der Waals surface area contributed by atoms with Gasteiger partial charge in [-0.15, -0.1) is 0 Å². The van der Waals surface area contributed by atoms with Crippen LogP contribution in [0.25, 0.3) is 0 Å². The van der Waals surface area contributed by atoms with E-state index in [2.05, 4.69) is 5.32 Å². The number of aliphatic hydroxyl groups excluding tert-OH is 5. The van der Waals surface area contributed by atoms with Gasteiger partial charge in [0.25, 0.3) is 0 Å². The van der Waals surface area contributed by atoms with Gasteiger partial charge in [-0.3, -0.25) is 4.79 Å². The van der Waals surface area contributed by atoms with Gasteiger partial charge in [0.05, 0.1) is 25.4 Å². The molecule has 0 aromatic carbocycles. The number of rotatable bonds is 9. The van der Waals surface area contributed by atoms with Gasteiger partial charge in [-0.05, 0) is 13.3 Å². The number of aliphatic hydroxyl groups is 5. The Morgan fingerprint density at radius 1 is 1.32 bits per heavy atom. The fourth-order valence-electron chi connectivity index (χ4n) is 2.30. The summed E-state index contributed by atoms with van der Waals surface area (Å²) in [6.45, 7) is 6.28. The Labute approximate surface area is 146 Å². The van der Waals surface area contributed by atoms with Crippen LogP contribution in [0.4, 0.5) is 0 Å². The molecular formula is C16H27NO8. The standard InChI is InChI=1S/C16H27NO8/c1-3-5-6-10(19)9(17-12(20)4-2)8-24-16-15(23)14(22)13(21)11(7-18)25-16/h2,5-6,9-11,13-16,18-19,21-23H,3-4,7-8H2,1H3,(H,17,20)/b6-5+/t9-,10+,11?,13-,14-,15?,16+/m0/s1. The summed E-state index contributed by atoms with van der Waals surface area (Å²) < 4.78 is 10.6. The molecule has 2 unspecified atom stereocenters. The number of carbonyl (C=O) groups is 1. The van der Waals surface area contributed by atoms with Gasteiger partial charge in [-0.2, -0.15) is 0 Å². The lowest BCUT2D eigenvalue weighted by Crippen LogP contribution is -2.60. The number of ether oxygens (including phenoxy) is 2. The minimum Gasteiger partial charge on any atom is -0.394 e. The molecule has 0 saturated carbocycles. The zero-order valence-electron chi connectivity index (χ0n) is 14.1. The molecule has 25 heavy (non-hydrogen) atoms. The highest BCUT2D eigenvalue weighted by atomic mass is 16.7. The van der Waals surface area contributed by atoms with E-state index < -0.39 is 55.4 Å². The first kappa shape index (κ1) is 22.0. The summed E-state index contributed by atoms with van der Waals surface area (Å²) in [6.07, 6.45) is -4.56. The second-order valence-corrected chi connectivity index (χ2v) is 5.74. The van der Waals surface area contributed by atoms with E-state index in [4.69, 9.17) is 21.5 Å². The molecule has 0 aromatic heterocycles. The predicted molar refractivity (Wildman–Crippen MR) is 86.0 cm³/mol. The van der Waals surface area contributed by atoms with Crippen molar-refractivity contribution in [1.29, 1.82) is 0 Å². The molecule has 6 N–H and O–H groups in total. The molecule has 1 fully saturated rings. The number of hydrogen-bond donors (Lipinski definition) is 6. The zero-order chi connectivity index (χ0) is 19.0. The number of allylic oxidation sites excluding steroid dienone is 1. The van der Waals surface area contributed by atoms with E-state index in [0.717, 1.165) is 0 Å². The third-order valence-electron chi connectivity index (χ3n) is 3.80. The van der Waals surface area contributed by atoms with Gasteiger partial charge in [0.2, 0.25) is 5.91 Å². The van der Waals surface area contributed by atoms with Crippen molar-refractivity contribution in [2.75, 3.05) is 13.2 Å². The maximum atomic E-state index is 11.5. The molecule has 9 heteroatoms. The molecule has 1 aliphatic rings. The van der Waals surface area contributed by atoms with Crippen molar-refractivity contribution < 1.29 is 39.8 Å². The van der Waals surface area contributed by atoms with Crippen LogP contribution in [0.2, 0.25) is 0 Å². The molecule has 0 spiro atoms. The average Bonchev–Trinajstić information content (AvgIpc) is 2.62. The molecule has 0 bridgehead atoms. The predicted octanol–water partition coefficient (Wildman–Crippen LogP) is -2.28. The molecule has 1 rings (SSSR count). The maximum Gasteiger partial charge on any atom is 0.220 e. The first-order chi connectivity index (χ1) is 11.8. The van der Waals surface area contributed by atoms with E-state index >= 15 is 0 Å². The maximum absolute atomic E-state index is 11.5. The zero-order valence-corrected chi connectivity index (χ0v) is 14.1. The largest absolute Gasteiger partial charge is 0.394 e. The molecule has 9 nitrogen and oxygen atoms in total. The van der Waals surface area contributed by atoms with Gasteiger partial charge in [-0.1, -0.05) is 19.1 Å². The highest BCUT2D eigenvalue weighted by molar-refractivity contribution is 5.76. The van der Waals surface area contributed by atoms with Crippen molar-refractivity contribution in [1.82, 2.24) is 5.32 Å². The van der Waals surface area contributed by atoms with E-state index in [9.17, 15) is 25.2 Å². The fourth-order valence-corrected chi connectivity index (χ4v) is 2.30. The molecule has 7 atom stereocenters. The minimum atomic E-state index is -1.57. The highest BCUT2D eigenvalue weighted by Gasteiger charge is 2.44. The van der Waals surface area contributed by atoms with Crippen LogP contribution < -0.4 is 5.32 Å². The lowest BCUT2D eigenvalue weighted by atomic mass is 9.99. The van der Waals surface area contributed by atoms with E-state index in [1.807, 2.05) is 6.92 Å². The number of carbonyl (C=O) groups excluding carboxylic acids is 1. The molecule has 1 aliphatic heterocycles. The third kappa shape index (κ3) is 6.30. The molecule has 1 amide bonds. The number of amides is 1. The first-order valence-electron chi connectivity index (χ1n) is 8.11. The van der Waals surface area contributed by atoms with Crippen molar-refractivity contribution in [2.24, 2.45) is 0 Å². The normalized spacial score (nSPS) is 32.5. The Kier molecular flexibility index (Phi) is 9.51. The van der Waals surface area contributed by atoms with Crippen LogP contribution in [0.15, 0.2) is 12.2 Å². The van der Waals surface area contributed by atoms with Gasteiger partial charge in [0.15, 0.2) is 6.29 Å². The summed E-state index contributed by atoms with van der Waals surface area (Å²) in [6, 6.07) is -0.869. The van der Waals surface area contributed by atoms with Crippen LogP contribution in [0.1, 0.15) is 19.8 Å². The van der Waals surface area contributed by atoms with Crippen LogP contribution in [0.5, 0.6) is 0 Å². The minimum absolute atomic E-state index is 0.260.